The third-order valence-corrected chi connectivity index (χ3v) is 1.49. The fraction of sp³-hybridized carbons (Fsp3) is 0.125. The molecule has 0 fully saturated rings. The van der Waals surface area contributed by atoms with Crippen LogP contribution in [-0.2, 0) is 0 Å². The molecule has 0 aliphatic heterocycles. The largest absolute Gasteiger partial charge is 0.192 e. The van der Waals surface area contributed by atoms with E-state index in [-0.39, 0.29) is 0 Å². The van der Waals surface area contributed by atoms with Gasteiger partial charge in [-0.1, -0.05) is 11.2 Å². The predicted octanol–water partition coefficient (Wildman–Crippen LogP) is 2.81. The summed E-state index contributed by atoms with van der Waals surface area (Å²) in [6.07, 6.45) is 0. The van der Waals surface area contributed by atoms with Gasteiger partial charge < -0.3 is 0 Å². The van der Waals surface area contributed by atoms with Crippen LogP contribution in [0.5, 0.6) is 0 Å². The van der Waals surface area contributed by atoms with Gasteiger partial charge in [-0.3, -0.25) is 0 Å². The number of azide groups is 1. The molecule has 0 heterocycles. The molecular formula is C8H6N4. The van der Waals surface area contributed by atoms with Crippen LogP contribution in [0.25, 0.3) is 10.4 Å². The van der Waals surface area contributed by atoms with Gasteiger partial charge in [0.25, 0.3) is 0 Å². The molecule has 0 bridgehead atoms. The van der Waals surface area contributed by atoms with Crippen molar-refractivity contribution in [2.75, 3.05) is 0 Å². The Morgan fingerprint density at radius 2 is 2.33 bits per heavy atom. The van der Waals surface area contributed by atoms with E-state index in [1.54, 1.807) is 25.1 Å². The molecule has 0 radical (unpaired) electrons. The molecule has 0 unspecified atom stereocenters. The summed E-state index contributed by atoms with van der Waals surface area (Å²) >= 11 is 0. The van der Waals surface area contributed by atoms with Gasteiger partial charge in [0.15, 0.2) is 0 Å². The monoisotopic (exact) mass is 158 g/mol. The highest BCUT2D eigenvalue weighted by Gasteiger charge is 1.96. The maximum Gasteiger partial charge on any atom is 0.0994 e. The molecule has 1 aromatic carbocycles. The second-order valence-corrected chi connectivity index (χ2v) is 2.30. The zero-order valence-electron chi connectivity index (χ0n) is 6.52. The van der Waals surface area contributed by atoms with Gasteiger partial charge in [0, 0.05) is 10.6 Å². The van der Waals surface area contributed by atoms with Crippen molar-refractivity contribution in [1.82, 2.24) is 0 Å². The summed E-state index contributed by atoms with van der Waals surface area (Å²) in [5.41, 5.74) is 10.1. The molecule has 0 saturated heterocycles. The van der Waals surface area contributed by atoms with Gasteiger partial charge >= 0.3 is 0 Å². The average molecular weight is 158 g/mol. The van der Waals surface area contributed by atoms with Crippen molar-refractivity contribution in [2.24, 2.45) is 5.11 Å². The van der Waals surface area contributed by atoms with Gasteiger partial charge in [-0.2, -0.15) is 5.26 Å². The second kappa shape index (κ2) is 3.42. The van der Waals surface area contributed by atoms with E-state index in [1.165, 1.54) is 0 Å². The first-order valence-electron chi connectivity index (χ1n) is 3.34. The molecule has 1 rings (SSSR count). The van der Waals surface area contributed by atoms with Crippen LogP contribution >= 0.6 is 0 Å². The number of nitrogens with zero attached hydrogens (tertiary/aromatic N) is 4. The van der Waals surface area contributed by atoms with E-state index in [1.807, 2.05) is 6.07 Å². The normalized spacial score (nSPS) is 8.33. The first-order chi connectivity index (χ1) is 5.77. The third-order valence-electron chi connectivity index (χ3n) is 1.49. The smallest absolute Gasteiger partial charge is 0.0994 e. The van der Waals surface area contributed by atoms with E-state index in [2.05, 4.69) is 10.0 Å². The highest BCUT2D eigenvalue weighted by Crippen LogP contribution is 2.16. The Morgan fingerprint density at radius 1 is 1.58 bits per heavy atom. The quantitative estimate of drug-likeness (QED) is 0.352. The van der Waals surface area contributed by atoms with Crippen molar-refractivity contribution in [3.05, 3.63) is 39.8 Å². The van der Waals surface area contributed by atoms with Crippen molar-refractivity contribution >= 4 is 5.69 Å². The summed E-state index contributed by atoms with van der Waals surface area (Å²) in [6, 6.07) is 6.96. The van der Waals surface area contributed by atoms with E-state index in [9.17, 15) is 0 Å². The van der Waals surface area contributed by atoms with Gasteiger partial charge in [0.2, 0.25) is 0 Å². The van der Waals surface area contributed by atoms with Crippen LogP contribution in [0.15, 0.2) is 23.3 Å². The SMILES string of the molecule is Cc1cc(N=[N+]=[N-])ccc1C#N. The lowest BCUT2D eigenvalue weighted by Gasteiger charge is -1.96. The first kappa shape index (κ1) is 8.12. The molecule has 0 atom stereocenters. The summed E-state index contributed by atoms with van der Waals surface area (Å²) in [5, 5.41) is 12.0. The number of benzene rings is 1. The molecule has 58 valence electrons. The van der Waals surface area contributed by atoms with Gasteiger partial charge in [0.05, 0.1) is 11.6 Å². The summed E-state index contributed by atoms with van der Waals surface area (Å²) < 4.78 is 0. The molecule has 12 heavy (non-hydrogen) atoms. The number of nitriles is 1. The van der Waals surface area contributed by atoms with E-state index >= 15 is 0 Å². The average Bonchev–Trinajstić information content (AvgIpc) is 2.05. The van der Waals surface area contributed by atoms with E-state index < -0.39 is 0 Å². The van der Waals surface area contributed by atoms with Crippen LogP contribution in [0.2, 0.25) is 0 Å². The van der Waals surface area contributed by atoms with E-state index in [4.69, 9.17) is 10.8 Å². The minimum atomic E-state index is 0.536. The van der Waals surface area contributed by atoms with Gasteiger partial charge in [-0.15, -0.1) is 0 Å². The number of hydrogen-bond acceptors (Lipinski definition) is 2. The van der Waals surface area contributed by atoms with Crippen molar-refractivity contribution in [1.29, 1.82) is 5.26 Å². The Hall–Kier alpha value is -1.98. The third kappa shape index (κ3) is 1.54. The molecule has 0 aliphatic carbocycles. The lowest BCUT2D eigenvalue weighted by Crippen LogP contribution is -1.79. The van der Waals surface area contributed by atoms with Gasteiger partial charge in [0.1, 0.15) is 0 Å². The minimum absolute atomic E-state index is 0.536. The molecule has 0 spiro atoms. The molecule has 0 amide bonds. The maximum absolute atomic E-state index is 8.59. The van der Waals surface area contributed by atoms with Crippen LogP contribution in [-0.4, -0.2) is 0 Å². The lowest BCUT2D eigenvalue weighted by atomic mass is 10.1. The van der Waals surface area contributed by atoms with Gasteiger partial charge in [-0.25, -0.2) is 0 Å². The molecule has 0 aliphatic rings. The van der Waals surface area contributed by atoms with Crippen LogP contribution in [0.4, 0.5) is 5.69 Å². The fourth-order valence-electron chi connectivity index (χ4n) is 0.887. The molecule has 1 aromatic rings. The van der Waals surface area contributed by atoms with Crippen molar-refractivity contribution in [3.63, 3.8) is 0 Å². The van der Waals surface area contributed by atoms with Crippen molar-refractivity contribution in [2.45, 2.75) is 6.92 Å². The molecule has 4 nitrogen and oxygen atoms in total. The maximum atomic E-state index is 8.59. The second-order valence-electron chi connectivity index (χ2n) is 2.30. The Kier molecular flexibility index (Phi) is 2.32. The number of rotatable bonds is 1. The van der Waals surface area contributed by atoms with Crippen LogP contribution in [0.3, 0.4) is 0 Å². The molecular weight excluding hydrogens is 152 g/mol. The topological polar surface area (TPSA) is 72.6 Å². The predicted molar refractivity (Wildman–Crippen MR) is 44.7 cm³/mol. The molecule has 4 heteroatoms. The Labute approximate surface area is 69.7 Å². The highest BCUT2D eigenvalue weighted by atomic mass is 15.1. The summed E-state index contributed by atoms with van der Waals surface area (Å²) in [5.74, 6) is 0. The van der Waals surface area contributed by atoms with E-state index in [0.717, 1.165) is 5.56 Å². The summed E-state index contributed by atoms with van der Waals surface area (Å²) in [6.45, 7) is 1.80. The molecule has 0 aromatic heterocycles. The van der Waals surface area contributed by atoms with Crippen molar-refractivity contribution in [3.8, 4) is 6.07 Å². The standard InChI is InChI=1S/C8H6N4/c1-6-4-8(11-12-10)3-2-7(6)5-9/h2-4H,1H3. The zero-order valence-corrected chi connectivity index (χ0v) is 6.52. The van der Waals surface area contributed by atoms with Crippen LogP contribution in [0, 0.1) is 18.3 Å². The van der Waals surface area contributed by atoms with Crippen molar-refractivity contribution < 1.29 is 0 Å². The molecule has 0 N–H and O–H groups in total. The first-order valence-corrected chi connectivity index (χ1v) is 3.34. The number of aryl methyl sites for hydroxylation is 1. The summed E-state index contributed by atoms with van der Waals surface area (Å²) in [7, 11) is 0. The van der Waals surface area contributed by atoms with E-state index in [0.29, 0.717) is 11.3 Å². The Morgan fingerprint density at radius 3 is 2.83 bits per heavy atom. The number of hydrogen-bond donors (Lipinski definition) is 0. The fourth-order valence-corrected chi connectivity index (χ4v) is 0.887. The highest BCUT2D eigenvalue weighted by molar-refractivity contribution is 5.47. The van der Waals surface area contributed by atoms with Crippen LogP contribution in [0.1, 0.15) is 11.1 Å². The Balaban J connectivity index is 3.20. The van der Waals surface area contributed by atoms with Gasteiger partial charge in [-0.05, 0) is 30.2 Å². The lowest BCUT2D eigenvalue weighted by molar-refractivity contribution is 1.36. The van der Waals surface area contributed by atoms with Crippen LogP contribution < -0.4 is 0 Å². The molecule has 0 saturated carbocycles. The summed E-state index contributed by atoms with van der Waals surface area (Å²) in [4.78, 5) is 2.64. The zero-order chi connectivity index (χ0) is 8.97. The minimum Gasteiger partial charge on any atom is -0.192 e. The Bertz CT molecular complexity index is 383.